The van der Waals surface area contributed by atoms with Crippen LogP contribution in [-0.2, 0) is 6.42 Å². The van der Waals surface area contributed by atoms with Crippen LogP contribution in [0, 0.1) is 0 Å². The van der Waals surface area contributed by atoms with Crippen LogP contribution in [0.4, 0.5) is 0 Å². The Morgan fingerprint density at radius 2 is 1.94 bits per heavy atom. The van der Waals surface area contributed by atoms with Crippen molar-refractivity contribution in [2.75, 3.05) is 7.11 Å². The van der Waals surface area contributed by atoms with Gasteiger partial charge in [0.25, 0.3) is 0 Å². The van der Waals surface area contributed by atoms with Crippen molar-refractivity contribution >= 4 is 28.5 Å². The van der Waals surface area contributed by atoms with Gasteiger partial charge < -0.3 is 4.74 Å². The number of methoxy groups -OCH3 is 1. The van der Waals surface area contributed by atoms with Crippen LogP contribution in [0.15, 0.2) is 22.9 Å². The molecule has 2 aromatic rings. The molecule has 16 heavy (non-hydrogen) atoms. The molecule has 0 spiro atoms. The minimum Gasteiger partial charge on any atom is -0.495 e. The van der Waals surface area contributed by atoms with Gasteiger partial charge in [0.05, 0.1) is 12.0 Å². The Bertz CT molecular complexity index is 452. The number of carbonyl (C=O) groups excluding carboxylic acids is 1. The van der Waals surface area contributed by atoms with E-state index in [0.29, 0.717) is 10.6 Å². The highest BCUT2D eigenvalue weighted by atomic mass is 32.1. The van der Waals surface area contributed by atoms with Crippen LogP contribution in [0.2, 0.25) is 0 Å². The number of hydrogen-bond donors (Lipinski definition) is 0. The molecule has 2 heterocycles. The van der Waals surface area contributed by atoms with Crippen molar-refractivity contribution in [2.24, 2.45) is 0 Å². The fraction of sp³-hybridized carbons (Fsp3) is 0.250. The summed E-state index contributed by atoms with van der Waals surface area (Å²) < 4.78 is 5.17. The lowest BCUT2D eigenvalue weighted by Crippen LogP contribution is -2.01. The smallest absolute Gasteiger partial charge is 0.216 e. The van der Waals surface area contributed by atoms with Crippen LogP contribution in [0.1, 0.15) is 27.0 Å². The number of hydrogen-bond acceptors (Lipinski definition) is 4. The van der Waals surface area contributed by atoms with Crippen molar-refractivity contribution in [3.05, 3.63) is 38.2 Å². The molecule has 0 aliphatic carbocycles. The average Bonchev–Trinajstić information content (AvgIpc) is 2.96. The highest BCUT2D eigenvalue weighted by molar-refractivity contribution is 7.16. The number of aryl methyl sites for hydroxylation is 1. The first kappa shape index (κ1) is 11.4. The Morgan fingerprint density at radius 3 is 2.62 bits per heavy atom. The Labute approximate surface area is 103 Å². The highest BCUT2D eigenvalue weighted by Gasteiger charge is 2.19. The van der Waals surface area contributed by atoms with Crippen LogP contribution in [0.25, 0.3) is 0 Å². The predicted octanol–water partition coefficient (Wildman–Crippen LogP) is 3.61. The molecule has 0 aliphatic heterocycles. The highest BCUT2D eigenvalue weighted by Crippen LogP contribution is 2.30. The molecular weight excluding hydrogens is 240 g/mol. The lowest BCUT2D eigenvalue weighted by Gasteiger charge is -2.01. The Morgan fingerprint density at radius 1 is 1.25 bits per heavy atom. The van der Waals surface area contributed by atoms with Crippen LogP contribution < -0.4 is 4.74 Å². The van der Waals surface area contributed by atoms with Crippen LogP contribution in [0.5, 0.6) is 5.75 Å². The molecule has 0 saturated carbocycles. The van der Waals surface area contributed by atoms with Crippen molar-refractivity contribution in [3.63, 3.8) is 0 Å². The fourth-order valence-corrected chi connectivity index (χ4v) is 3.35. The maximum absolute atomic E-state index is 12.3. The number of ether oxygens (including phenoxy) is 1. The maximum atomic E-state index is 12.3. The molecule has 84 valence electrons. The van der Waals surface area contributed by atoms with Crippen molar-refractivity contribution in [3.8, 4) is 5.75 Å². The summed E-state index contributed by atoms with van der Waals surface area (Å²) in [6.07, 6.45) is 0.887. The first-order valence-electron chi connectivity index (χ1n) is 5.00. The van der Waals surface area contributed by atoms with Gasteiger partial charge in [-0.3, -0.25) is 4.79 Å². The number of thiophene rings is 2. The third kappa shape index (κ3) is 1.90. The van der Waals surface area contributed by atoms with Gasteiger partial charge in [0.15, 0.2) is 0 Å². The molecule has 2 rings (SSSR count). The van der Waals surface area contributed by atoms with Crippen LogP contribution in [-0.4, -0.2) is 12.9 Å². The Hall–Kier alpha value is -1.13. The molecule has 0 atom stereocenters. The second kappa shape index (κ2) is 4.80. The standard InChI is InChI=1S/C12H12O2S2/c1-3-8-4-6-15-11(8)10(13)12-9(14-2)5-7-16-12/h4-7H,3H2,1-2H3. The molecule has 0 unspecified atom stereocenters. The van der Waals surface area contributed by atoms with Gasteiger partial charge in [0.2, 0.25) is 5.78 Å². The molecule has 2 aromatic heterocycles. The lowest BCUT2D eigenvalue weighted by molar-refractivity contribution is 0.104. The molecule has 2 nitrogen and oxygen atoms in total. The summed E-state index contributed by atoms with van der Waals surface area (Å²) in [7, 11) is 1.59. The zero-order valence-electron chi connectivity index (χ0n) is 9.15. The molecule has 0 saturated heterocycles. The van der Waals surface area contributed by atoms with Crippen molar-refractivity contribution in [2.45, 2.75) is 13.3 Å². The predicted molar refractivity (Wildman–Crippen MR) is 68.0 cm³/mol. The molecule has 0 bridgehead atoms. The largest absolute Gasteiger partial charge is 0.495 e. The summed E-state index contributed by atoms with van der Waals surface area (Å²) in [5, 5.41) is 3.84. The Kier molecular flexibility index (Phi) is 3.41. The number of ketones is 1. The van der Waals surface area contributed by atoms with Gasteiger partial charge in [-0.15, -0.1) is 22.7 Å². The summed E-state index contributed by atoms with van der Waals surface area (Å²) >= 11 is 2.93. The normalized spacial score (nSPS) is 10.4. The quantitative estimate of drug-likeness (QED) is 0.777. The van der Waals surface area contributed by atoms with Gasteiger partial charge >= 0.3 is 0 Å². The second-order valence-corrected chi connectivity index (χ2v) is 5.11. The molecule has 0 aromatic carbocycles. The first-order valence-corrected chi connectivity index (χ1v) is 6.76. The fourth-order valence-electron chi connectivity index (χ4n) is 1.54. The molecule has 0 radical (unpaired) electrons. The van der Waals surface area contributed by atoms with Gasteiger partial charge in [0, 0.05) is 0 Å². The zero-order chi connectivity index (χ0) is 11.5. The van der Waals surface area contributed by atoms with Crippen molar-refractivity contribution in [1.82, 2.24) is 0 Å². The van der Waals surface area contributed by atoms with Gasteiger partial charge in [-0.25, -0.2) is 0 Å². The first-order chi connectivity index (χ1) is 7.77. The van der Waals surface area contributed by atoms with E-state index < -0.39 is 0 Å². The van der Waals surface area contributed by atoms with E-state index >= 15 is 0 Å². The third-order valence-corrected chi connectivity index (χ3v) is 4.24. The summed E-state index contributed by atoms with van der Waals surface area (Å²) in [6, 6.07) is 3.84. The molecule has 4 heteroatoms. The summed E-state index contributed by atoms with van der Waals surface area (Å²) in [4.78, 5) is 13.8. The second-order valence-electron chi connectivity index (χ2n) is 3.28. The summed E-state index contributed by atoms with van der Waals surface area (Å²) in [5.41, 5.74) is 1.12. The minimum atomic E-state index is 0.0821. The van der Waals surface area contributed by atoms with Crippen LogP contribution in [0.3, 0.4) is 0 Å². The van der Waals surface area contributed by atoms with E-state index in [9.17, 15) is 4.79 Å². The van der Waals surface area contributed by atoms with Crippen LogP contribution >= 0.6 is 22.7 Å². The average molecular weight is 252 g/mol. The van der Waals surface area contributed by atoms with Gasteiger partial charge in [-0.1, -0.05) is 6.92 Å². The molecule has 0 aliphatic rings. The van der Waals surface area contributed by atoms with E-state index in [1.807, 2.05) is 22.9 Å². The molecule has 0 fully saturated rings. The minimum absolute atomic E-state index is 0.0821. The van der Waals surface area contributed by atoms with Gasteiger partial charge in [-0.05, 0) is 34.9 Å². The van der Waals surface area contributed by atoms with Crippen molar-refractivity contribution in [1.29, 1.82) is 0 Å². The number of rotatable bonds is 4. The SMILES string of the molecule is CCc1ccsc1C(=O)c1sccc1OC. The molecule has 0 amide bonds. The van der Waals surface area contributed by atoms with Gasteiger partial charge in [0.1, 0.15) is 10.6 Å². The third-order valence-electron chi connectivity index (χ3n) is 2.39. The topological polar surface area (TPSA) is 26.3 Å². The maximum Gasteiger partial charge on any atom is 0.216 e. The molecule has 0 N–H and O–H groups in total. The van der Waals surface area contributed by atoms with E-state index in [4.69, 9.17) is 4.74 Å². The van der Waals surface area contributed by atoms with E-state index in [1.165, 1.54) is 22.7 Å². The van der Waals surface area contributed by atoms with Gasteiger partial charge in [-0.2, -0.15) is 0 Å². The summed E-state index contributed by atoms with van der Waals surface area (Å²) in [5.74, 6) is 0.754. The zero-order valence-corrected chi connectivity index (χ0v) is 10.8. The van der Waals surface area contributed by atoms with E-state index in [1.54, 1.807) is 7.11 Å². The lowest BCUT2D eigenvalue weighted by atomic mass is 10.1. The van der Waals surface area contributed by atoms with E-state index in [-0.39, 0.29) is 5.78 Å². The van der Waals surface area contributed by atoms with E-state index in [0.717, 1.165) is 16.9 Å². The monoisotopic (exact) mass is 252 g/mol. The van der Waals surface area contributed by atoms with E-state index in [2.05, 4.69) is 6.92 Å². The number of carbonyl (C=O) groups is 1. The Balaban J connectivity index is 2.39. The van der Waals surface area contributed by atoms with Crippen molar-refractivity contribution < 1.29 is 9.53 Å². The molecular formula is C12H12O2S2. The summed E-state index contributed by atoms with van der Waals surface area (Å²) in [6.45, 7) is 2.06.